The zero-order valence-electron chi connectivity index (χ0n) is 13.4. The second kappa shape index (κ2) is 8.51. The van der Waals surface area contributed by atoms with Crippen LogP contribution >= 0.6 is 27.5 Å². The fourth-order valence-corrected chi connectivity index (χ4v) is 3.00. The Bertz CT molecular complexity index is 729. The van der Waals surface area contributed by atoms with Crippen LogP contribution in [0.3, 0.4) is 0 Å². The number of anilines is 1. The summed E-state index contributed by atoms with van der Waals surface area (Å²) in [6.07, 6.45) is 3.16. The predicted molar refractivity (Wildman–Crippen MR) is 101 cm³/mol. The molecular weight excluding hydrogens is 408 g/mol. The van der Waals surface area contributed by atoms with E-state index in [9.17, 15) is 4.79 Å². The van der Waals surface area contributed by atoms with Crippen molar-refractivity contribution in [3.05, 3.63) is 52.2 Å². The third kappa shape index (κ3) is 5.07. The van der Waals surface area contributed by atoms with Crippen molar-refractivity contribution in [1.82, 2.24) is 15.2 Å². The van der Waals surface area contributed by atoms with Gasteiger partial charge in [-0.05, 0) is 24.3 Å². The number of aromatic nitrogens is 1. The van der Waals surface area contributed by atoms with E-state index < -0.39 is 0 Å². The quantitative estimate of drug-likeness (QED) is 0.788. The molecule has 1 unspecified atom stereocenters. The first kappa shape index (κ1) is 18.0. The van der Waals surface area contributed by atoms with Gasteiger partial charge in [-0.3, -0.25) is 4.98 Å². The van der Waals surface area contributed by atoms with Crippen molar-refractivity contribution >= 4 is 39.2 Å². The second-order valence-corrected chi connectivity index (χ2v) is 6.99. The monoisotopic (exact) mass is 424 g/mol. The summed E-state index contributed by atoms with van der Waals surface area (Å²) in [5.74, 6) is 0.589. The number of hydrogen-bond acceptors (Lipinski definition) is 4. The molecule has 0 spiro atoms. The summed E-state index contributed by atoms with van der Waals surface area (Å²) in [5.41, 5.74) is 0.755. The van der Waals surface area contributed by atoms with Crippen LogP contribution in [-0.2, 0) is 0 Å². The van der Waals surface area contributed by atoms with E-state index >= 15 is 0 Å². The van der Waals surface area contributed by atoms with Gasteiger partial charge >= 0.3 is 6.03 Å². The maximum Gasteiger partial charge on any atom is 0.322 e. The van der Waals surface area contributed by atoms with Crippen LogP contribution in [0.25, 0.3) is 0 Å². The Labute approximate surface area is 159 Å². The average molecular weight is 426 g/mol. The lowest BCUT2D eigenvalue weighted by Gasteiger charge is -2.35. The Kier molecular flexibility index (Phi) is 6.12. The molecule has 2 heterocycles. The molecule has 25 heavy (non-hydrogen) atoms. The Morgan fingerprint density at radius 1 is 1.40 bits per heavy atom. The topological polar surface area (TPSA) is 66.5 Å². The minimum Gasteiger partial charge on any atom is -0.490 e. The maximum atomic E-state index is 12.6. The number of nitrogens with one attached hydrogen (secondary N) is 2. The van der Waals surface area contributed by atoms with Gasteiger partial charge in [0.25, 0.3) is 0 Å². The molecule has 1 aromatic heterocycles. The van der Waals surface area contributed by atoms with Gasteiger partial charge in [0.2, 0.25) is 0 Å². The minimum absolute atomic E-state index is 0.0804. The van der Waals surface area contributed by atoms with E-state index in [4.69, 9.17) is 16.3 Å². The number of amides is 2. The highest BCUT2D eigenvalue weighted by Gasteiger charge is 2.27. The Hall–Kier alpha value is -1.83. The Morgan fingerprint density at radius 2 is 2.20 bits per heavy atom. The number of piperazine rings is 1. The average Bonchev–Trinajstić information content (AvgIpc) is 2.62. The highest BCUT2D eigenvalue weighted by molar-refractivity contribution is 9.10. The zero-order valence-corrected chi connectivity index (χ0v) is 15.8. The van der Waals surface area contributed by atoms with Crippen LogP contribution < -0.4 is 15.4 Å². The molecule has 8 heteroatoms. The highest BCUT2D eigenvalue weighted by atomic mass is 79.9. The summed E-state index contributed by atoms with van der Waals surface area (Å²) in [6, 6.07) is 8.97. The van der Waals surface area contributed by atoms with Gasteiger partial charge in [-0.25, -0.2) is 4.79 Å². The van der Waals surface area contributed by atoms with E-state index in [1.807, 2.05) is 24.3 Å². The summed E-state index contributed by atoms with van der Waals surface area (Å²) in [4.78, 5) is 18.4. The van der Waals surface area contributed by atoms with Crippen LogP contribution in [0.15, 0.2) is 47.2 Å². The molecule has 1 fully saturated rings. The molecule has 132 valence electrons. The zero-order chi connectivity index (χ0) is 17.6. The van der Waals surface area contributed by atoms with Gasteiger partial charge in [0.1, 0.15) is 12.4 Å². The summed E-state index contributed by atoms with van der Waals surface area (Å²) in [6.45, 7) is 2.40. The molecule has 2 N–H and O–H groups in total. The van der Waals surface area contributed by atoms with Crippen LogP contribution in [0.5, 0.6) is 5.75 Å². The standard InChI is InChI=1S/C17H18BrClN4O2/c18-12-1-3-14(4-2-12)22-17(24)23-6-5-20-9-15(23)11-25-16-7-13(19)8-21-10-16/h1-4,7-8,10,15,20H,5-6,9,11H2,(H,22,24). The number of carbonyl (C=O) groups is 1. The highest BCUT2D eigenvalue weighted by Crippen LogP contribution is 2.18. The van der Waals surface area contributed by atoms with Gasteiger partial charge in [-0.2, -0.15) is 0 Å². The SMILES string of the molecule is O=C(Nc1ccc(Br)cc1)N1CCNCC1COc1cncc(Cl)c1. The minimum atomic E-state index is -0.137. The first-order chi connectivity index (χ1) is 12.1. The first-order valence-corrected chi connectivity index (χ1v) is 9.06. The predicted octanol–water partition coefficient (Wildman–Crippen LogP) is 3.38. The summed E-state index contributed by atoms with van der Waals surface area (Å²) < 4.78 is 6.72. The van der Waals surface area contributed by atoms with E-state index in [2.05, 4.69) is 31.5 Å². The van der Waals surface area contributed by atoms with Crippen LogP contribution in [0.4, 0.5) is 10.5 Å². The van der Waals surface area contributed by atoms with Crippen molar-refractivity contribution in [2.24, 2.45) is 0 Å². The van der Waals surface area contributed by atoms with Crippen molar-refractivity contribution in [2.45, 2.75) is 6.04 Å². The van der Waals surface area contributed by atoms with Crippen molar-refractivity contribution in [2.75, 3.05) is 31.6 Å². The maximum absolute atomic E-state index is 12.6. The van der Waals surface area contributed by atoms with Crippen LogP contribution in [0.2, 0.25) is 5.02 Å². The lowest BCUT2D eigenvalue weighted by molar-refractivity contribution is 0.133. The molecule has 1 aliphatic heterocycles. The van der Waals surface area contributed by atoms with Gasteiger partial charge in [0.15, 0.2) is 0 Å². The van der Waals surface area contributed by atoms with Gasteiger partial charge in [0, 0.05) is 42.1 Å². The molecule has 3 rings (SSSR count). The molecule has 2 amide bonds. The molecule has 0 aliphatic carbocycles. The van der Waals surface area contributed by atoms with Crippen molar-refractivity contribution in [3.63, 3.8) is 0 Å². The van der Waals surface area contributed by atoms with E-state index in [1.165, 1.54) is 0 Å². The summed E-state index contributed by atoms with van der Waals surface area (Å²) in [5, 5.41) is 6.73. The molecule has 1 saturated heterocycles. The molecule has 0 saturated carbocycles. The second-order valence-electron chi connectivity index (χ2n) is 5.64. The third-order valence-corrected chi connectivity index (χ3v) is 4.56. The molecule has 1 atom stereocenters. The van der Waals surface area contributed by atoms with Crippen LogP contribution in [-0.4, -0.2) is 48.2 Å². The third-order valence-electron chi connectivity index (χ3n) is 3.83. The molecule has 0 bridgehead atoms. The molecule has 1 aliphatic rings. The molecular formula is C17H18BrClN4O2. The van der Waals surface area contributed by atoms with Crippen molar-refractivity contribution in [1.29, 1.82) is 0 Å². The molecule has 2 aromatic rings. The Morgan fingerprint density at radius 3 is 2.96 bits per heavy atom. The van der Waals surface area contributed by atoms with E-state index in [0.717, 1.165) is 16.7 Å². The smallest absolute Gasteiger partial charge is 0.322 e. The summed E-state index contributed by atoms with van der Waals surface area (Å²) in [7, 11) is 0. The fraction of sp³-hybridized carbons (Fsp3) is 0.294. The van der Waals surface area contributed by atoms with Gasteiger partial charge < -0.3 is 20.3 Å². The number of carbonyl (C=O) groups excluding carboxylic acids is 1. The van der Waals surface area contributed by atoms with Gasteiger partial charge in [-0.1, -0.05) is 27.5 Å². The molecule has 6 nitrogen and oxygen atoms in total. The van der Waals surface area contributed by atoms with Gasteiger partial charge in [0.05, 0.1) is 17.3 Å². The molecule has 0 radical (unpaired) electrons. The van der Waals surface area contributed by atoms with Crippen molar-refractivity contribution < 1.29 is 9.53 Å². The number of nitrogens with zero attached hydrogens (tertiary/aromatic N) is 2. The number of hydrogen-bond donors (Lipinski definition) is 2. The number of pyridine rings is 1. The Balaban J connectivity index is 1.61. The number of halogens is 2. The lowest BCUT2D eigenvalue weighted by Crippen LogP contribution is -2.57. The fourth-order valence-electron chi connectivity index (χ4n) is 2.57. The van der Waals surface area contributed by atoms with Gasteiger partial charge in [-0.15, -0.1) is 0 Å². The normalized spacial score (nSPS) is 17.2. The van der Waals surface area contributed by atoms with Crippen LogP contribution in [0.1, 0.15) is 0 Å². The van der Waals surface area contributed by atoms with E-state index in [-0.39, 0.29) is 12.1 Å². The number of rotatable bonds is 4. The first-order valence-electron chi connectivity index (χ1n) is 7.89. The number of urea groups is 1. The van der Waals surface area contributed by atoms with Crippen LogP contribution in [0, 0.1) is 0 Å². The largest absolute Gasteiger partial charge is 0.490 e. The molecule has 1 aromatic carbocycles. The number of ether oxygens (including phenoxy) is 1. The van der Waals surface area contributed by atoms with E-state index in [1.54, 1.807) is 23.4 Å². The van der Waals surface area contributed by atoms with Crippen molar-refractivity contribution in [3.8, 4) is 5.75 Å². The summed E-state index contributed by atoms with van der Waals surface area (Å²) >= 11 is 9.30. The lowest BCUT2D eigenvalue weighted by atomic mass is 10.2. The van der Waals surface area contributed by atoms with E-state index in [0.29, 0.717) is 30.5 Å². The number of benzene rings is 1.